The monoisotopic (exact) mass is 430 g/mol. The predicted octanol–water partition coefficient (Wildman–Crippen LogP) is 3.41. The summed E-state index contributed by atoms with van der Waals surface area (Å²) in [7, 11) is 0. The van der Waals surface area contributed by atoms with Crippen LogP contribution in [0.4, 0.5) is 0 Å². The summed E-state index contributed by atoms with van der Waals surface area (Å²) in [6, 6.07) is 0. The van der Waals surface area contributed by atoms with E-state index in [0.29, 0.717) is 24.8 Å². The molecule has 7 heteroatoms. The third-order valence-electron chi connectivity index (χ3n) is 7.90. The smallest absolute Gasteiger partial charge is 0.325 e. The Bertz CT molecular complexity index is 944. The molecule has 0 radical (unpaired) electrons. The molecule has 5 atom stereocenters. The summed E-state index contributed by atoms with van der Waals surface area (Å²) in [5, 5.41) is 0. The molecule has 1 unspecified atom stereocenters. The second-order valence-electron chi connectivity index (χ2n) is 10.3. The van der Waals surface area contributed by atoms with Gasteiger partial charge in [0.25, 0.3) is 0 Å². The van der Waals surface area contributed by atoms with Crippen molar-refractivity contribution in [2.45, 2.75) is 78.6 Å². The summed E-state index contributed by atoms with van der Waals surface area (Å²) < 4.78 is 17.1. The summed E-state index contributed by atoms with van der Waals surface area (Å²) in [5.74, 6) is -5.01. The van der Waals surface area contributed by atoms with E-state index in [2.05, 4.69) is 6.58 Å². The molecule has 3 aliphatic carbocycles. The van der Waals surface area contributed by atoms with E-state index in [-0.39, 0.29) is 5.57 Å². The molecule has 1 saturated heterocycles. The Morgan fingerprint density at radius 2 is 1.77 bits per heavy atom. The number of Topliss-reactive ketones (excluding diaryl/α,β-unsaturated/α-hetero) is 1. The maximum absolute atomic E-state index is 14.1. The number of hydrogen-bond donors (Lipinski definition) is 0. The van der Waals surface area contributed by atoms with E-state index in [4.69, 9.17) is 14.2 Å². The van der Waals surface area contributed by atoms with Gasteiger partial charge in [0.05, 0.1) is 5.92 Å². The number of ether oxygens (including phenoxy) is 3. The molecule has 0 amide bonds. The van der Waals surface area contributed by atoms with Crippen molar-refractivity contribution >= 4 is 23.7 Å². The minimum Gasteiger partial charge on any atom is -0.457 e. The van der Waals surface area contributed by atoms with Crippen LogP contribution in [0.1, 0.15) is 66.7 Å². The standard InChI is InChI=1S/C24H30O7/c1-7-22(6)12-9-15-16(18(22)29-13(2)25)17(27)24(30-14(3)26)19-21(4,5)10-8-11-23(15,19)20(28)31-24/h7,18-19H,1,8-12H2,2-6H3/t18?,19-,22-,23-,24+/m0/s1. The second kappa shape index (κ2) is 6.53. The minimum atomic E-state index is -2.04. The average Bonchev–Trinajstić information content (AvgIpc) is 2.88. The molecule has 0 aromatic carbocycles. The molecule has 0 N–H and O–H groups in total. The average molecular weight is 430 g/mol. The van der Waals surface area contributed by atoms with Gasteiger partial charge in [0.1, 0.15) is 11.5 Å². The van der Waals surface area contributed by atoms with Crippen molar-refractivity contribution < 1.29 is 33.4 Å². The van der Waals surface area contributed by atoms with Crippen LogP contribution in [-0.4, -0.2) is 35.6 Å². The van der Waals surface area contributed by atoms with Crippen molar-refractivity contribution in [3.05, 3.63) is 23.8 Å². The summed E-state index contributed by atoms with van der Waals surface area (Å²) in [5.41, 5.74) is -1.32. The first-order valence-corrected chi connectivity index (χ1v) is 10.9. The van der Waals surface area contributed by atoms with Gasteiger partial charge < -0.3 is 14.2 Å². The fraction of sp³-hybridized carbons (Fsp3) is 0.667. The van der Waals surface area contributed by atoms with Gasteiger partial charge in [-0.1, -0.05) is 33.3 Å². The highest BCUT2D eigenvalue weighted by molar-refractivity contribution is 6.11. The SMILES string of the molecule is C=C[C@@]1(C)CCC2=C(C(=O)[C@@]3(OC(C)=O)OC(=O)[C@@]24CCCC(C)(C)[C@H]34)C1OC(C)=O. The molecule has 2 bridgehead atoms. The Morgan fingerprint density at radius 3 is 2.35 bits per heavy atom. The quantitative estimate of drug-likeness (QED) is 0.500. The number of carbonyl (C=O) groups is 4. The Hall–Kier alpha value is -2.44. The first kappa shape index (κ1) is 21.8. The van der Waals surface area contributed by atoms with Crippen molar-refractivity contribution in [3.8, 4) is 0 Å². The van der Waals surface area contributed by atoms with Crippen LogP contribution in [0.5, 0.6) is 0 Å². The van der Waals surface area contributed by atoms with E-state index in [9.17, 15) is 19.2 Å². The minimum absolute atomic E-state index is 0.241. The first-order chi connectivity index (χ1) is 14.4. The molecular formula is C24H30O7. The van der Waals surface area contributed by atoms with Crippen LogP contribution in [0, 0.1) is 22.2 Å². The third kappa shape index (κ3) is 2.64. The maximum Gasteiger partial charge on any atom is 0.325 e. The molecule has 0 aromatic rings. The van der Waals surface area contributed by atoms with Gasteiger partial charge in [0.2, 0.25) is 5.78 Å². The molecule has 0 aromatic heterocycles. The van der Waals surface area contributed by atoms with Gasteiger partial charge in [-0.15, -0.1) is 6.58 Å². The molecule has 2 fully saturated rings. The summed E-state index contributed by atoms with van der Waals surface area (Å²) in [6.45, 7) is 12.3. The zero-order chi connectivity index (χ0) is 23.0. The number of carbonyl (C=O) groups excluding carboxylic acids is 4. The summed E-state index contributed by atoms with van der Waals surface area (Å²) in [4.78, 5) is 51.8. The molecule has 168 valence electrons. The number of ketones is 1. The normalized spacial score (nSPS) is 40.4. The third-order valence-corrected chi connectivity index (χ3v) is 7.90. The maximum atomic E-state index is 14.1. The first-order valence-electron chi connectivity index (χ1n) is 10.9. The molecule has 4 aliphatic rings. The van der Waals surface area contributed by atoms with Gasteiger partial charge in [-0.05, 0) is 36.7 Å². The topological polar surface area (TPSA) is 96.0 Å². The highest BCUT2D eigenvalue weighted by Crippen LogP contribution is 2.70. The van der Waals surface area contributed by atoms with E-state index >= 15 is 0 Å². The largest absolute Gasteiger partial charge is 0.457 e. The lowest BCUT2D eigenvalue weighted by Crippen LogP contribution is -2.63. The van der Waals surface area contributed by atoms with Gasteiger partial charge in [0.15, 0.2) is 0 Å². The molecule has 0 spiro atoms. The van der Waals surface area contributed by atoms with Crippen LogP contribution in [0.2, 0.25) is 0 Å². The van der Waals surface area contributed by atoms with E-state index in [0.717, 1.165) is 12.8 Å². The molecule has 1 saturated carbocycles. The highest BCUT2D eigenvalue weighted by atomic mass is 16.7. The van der Waals surface area contributed by atoms with Crippen molar-refractivity contribution in [3.63, 3.8) is 0 Å². The van der Waals surface area contributed by atoms with Crippen LogP contribution >= 0.6 is 0 Å². The van der Waals surface area contributed by atoms with Crippen LogP contribution < -0.4 is 0 Å². The van der Waals surface area contributed by atoms with Crippen molar-refractivity contribution in [2.75, 3.05) is 0 Å². The van der Waals surface area contributed by atoms with Gasteiger partial charge >= 0.3 is 23.7 Å². The predicted molar refractivity (Wildman–Crippen MR) is 109 cm³/mol. The summed E-state index contributed by atoms with van der Waals surface area (Å²) in [6.07, 6.45) is 3.87. The van der Waals surface area contributed by atoms with Crippen molar-refractivity contribution in [2.24, 2.45) is 22.2 Å². The molecule has 7 nitrogen and oxygen atoms in total. The lowest BCUT2D eigenvalue weighted by Gasteiger charge is -2.55. The zero-order valence-electron chi connectivity index (χ0n) is 18.8. The lowest BCUT2D eigenvalue weighted by molar-refractivity contribution is -0.234. The fourth-order valence-corrected chi connectivity index (χ4v) is 6.71. The Labute approximate surface area is 182 Å². The van der Waals surface area contributed by atoms with Gasteiger partial charge in [0, 0.05) is 24.8 Å². The van der Waals surface area contributed by atoms with Gasteiger partial charge in [-0.2, -0.15) is 0 Å². The van der Waals surface area contributed by atoms with Crippen molar-refractivity contribution in [1.82, 2.24) is 0 Å². The van der Waals surface area contributed by atoms with Crippen LogP contribution in [-0.2, 0) is 33.4 Å². The molecule has 31 heavy (non-hydrogen) atoms. The van der Waals surface area contributed by atoms with Gasteiger partial charge in [-0.25, -0.2) is 0 Å². The highest BCUT2D eigenvalue weighted by Gasteiger charge is 2.80. The summed E-state index contributed by atoms with van der Waals surface area (Å²) >= 11 is 0. The van der Waals surface area contributed by atoms with E-state index in [1.165, 1.54) is 13.8 Å². The zero-order valence-corrected chi connectivity index (χ0v) is 18.8. The number of hydrogen-bond acceptors (Lipinski definition) is 7. The van der Waals surface area contributed by atoms with E-state index in [1.807, 2.05) is 20.8 Å². The van der Waals surface area contributed by atoms with Gasteiger partial charge in [-0.3, -0.25) is 19.2 Å². The second-order valence-corrected chi connectivity index (χ2v) is 10.3. The number of rotatable bonds is 3. The van der Waals surface area contributed by atoms with Crippen LogP contribution in [0.15, 0.2) is 23.8 Å². The molecule has 1 aliphatic heterocycles. The van der Waals surface area contributed by atoms with Crippen LogP contribution in [0.3, 0.4) is 0 Å². The van der Waals surface area contributed by atoms with E-state index in [1.54, 1.807) is 6.08 Å². The fourth-order valence-electron chi connectivity index (χ4n) is 6.71. The lowest BCUT2D eigenvalue weighted by atomic mass is 9.46. The number of esters is 3. The Morgan fingerprint density at radius 1 is 1.10 bits per heavy atom. The molecule has 1 heterocycles. The van der Waals surface area contributed by atoms with E-state index < -0.39 is 57.7 Å². The molecule has 4 rings (SSSR count). The van der Waals surface area contributed by atoms with Crippen molar-refractivity contribution in [1.29, 1.82) is 0 Å². The molecular weight excluding hydrogens is 400 g/mol. The van der Waals surface area contributed by atoms with Crippen LogP contribution in [0.25, 0.3) is 0 Å². The Balaban J connectivity index is 2.05. The Kier molecular flexibility index (Phi) is 4.59.